The van der Waals surface area contributed by atoms with Crippen LogP contribution in [0.15, 0.2) is 18.2 Å². The minimum Gasteiger partial charge on any atom is -0.349 e. The summed E-state index contributed by atoms with van der Waals surface area (Å²) in [6.07, 6.45) is 1.86. The van der Waals surface area contributed by atoms with Crippen molar-refractivity contribution in [1.82, 2.24) is 5.32 Å². The van der Waals surface area contributed by atoms with Gasteiger partial charge in [-0.2, -0.15) is 0 Å². The van der Waals surface area contributed by atoms with Crippen molar-refractivity contribution in [3.8, 4) is 0 Å². The number of carbonyl (C=O) groups excluding carboxylic acids is 1. The largest absolute Gasteiger partial charge is 0.349 e. The summed E-state index contributed by atoms with van der Waals surface area (Å²) in [4.78, 5) is 22.5. The number of nitro groups is 1. The average Bonchev–Trinajstić information content (AvgIpc) is 2.37. The van der Waals surface area contributed by atoms with Crippen LogP contribution in [0.4, 0.5) is 5.69 Å². The van der Waals surface area contributed by atoms with E-state index in [0.717, 1.165) is 12.8 Å². The second-order valence-corrected chi connectivity index (χ2v) is 5.48. The summed E-state index contributed by atoms with van der Waals surface area (Å²) >= 11 is 5.81. The highest BCUT2D eigenvalue weighted by Gasteiger charge is 2.21. The van der Waals surface area contributed by atoms with Crippen LogP contribution in [0, 0.1) is 16.0 Å². The number of nitrogens with zero attached hydrogens (tertiary/aromatic N) is 1. The summed E-state index contributed by atoms with van der Waals surface area (Å²) in [5, 5.41) is 14.0. The van der Waals surface area contributed by atoms with Crippen molar-refractivity contribution in [2.75, 3.05) is 0 Å². The van der Waals surface area contributed by atoms with Gasteiger partial charge >= 0.3 is 0 Å². The summed E-state index contributed by atoms with van der Waals surface area (Å²) in [7, 11) is 0. The van der Waals surface area contributed by atoms with Crippen molar-refractivity contribution in [3.05, 3.63) is 38.9 Å². The van der Waals surface area contributed by atoms with Crippen LogP contribution in [0.1, 0.15) is 44.0 Å². The van der Waals surface area contributed by atoms with E-state index in [1.54, 1.807) is 0 Å². The Labute approximate surface area is 123 Å². The fraction of sp³-hybridized carbons (Fsp3) is 0.500. The van der Waals surface area contributed by atoms with Crippen LogP contribution in [-0.2, 0) is 0 Å². The van der Waals surface area contributed by atoms with Gasteiger partial charge in [-0.25, -0.2) is 0 Å². The first-order valence-electron chi connectivity index (χ1n) is 6.60. The molecule has 0 fully saturated rings. The molecular formula is C14H19ClN2O3. The van der Waals surface area contributed by atoms with Crippen LogP contribution in [0.3, 0.4) is 0 Å². The molecule has 0 bridgehead atoms. The monoisotopic (exact) mass is 298 g/mol. The van der Waals surface area contributed by atoms with E-state index in [0.29, 0.717) is 10.9 Å². The van der Waals surface area contributed by atoms with Crippen LogP contribution < -0.4 is 5.32 Å². The van der Waals surface area contributed by atoms with Gasteiger partial charge in [0.25, 0.3) is 11.6 Å². The molecule has 6 heteroatoms. The minimum absolute atomic E-state index is 0.00139. The third-order valence-electron chi connectivity index (χ3n) is 3.23. The fourth-order valence-electron chi connectivity index (χ4n) is 1.98. The number of amides is 1. The second-order valence-electron chi connectivity index (χ2n) is 5.04. The first-order chi connectivity index (χ1) is 9.35. The van der Waals surface area contributed by atoms with Crippen LogP contribution in [0.5, 0.6) is 0 Å². The molecule has 1 N–H and O–H groups in total. The van der Waals surface area contributed by atoms with Crippen molar-refractivity contribution < 1.29 is 9.72 Å². The molecule has 0 saturated carbocycles. The SMILES string of the molecule is CCC(C)CC(C)NC(=O)c1cc(Cl)ccc1[N+](=O)[O-]. The first-order valence-corrected chi connectivity index (χ1v) is 6.97. The molecular weight excluding hydrogens is 280 g/mol. The highest BCUT2D eigenvalue weighted by atomic mass is 35.5. The topological polar surface area (TPSA) is 72.2 Å². The van der Waals surface area contributed by atoms with E-state index in [2.05, 4.69) is 19.2 Å². The molecule has 0 aliphatic carbocycles. The Kier molecular flexibility index (Phi) is 5.95. The quantitative estimate of drug-likeness (QED) is 0.641. The van der Waals surface area contributed by atoms with Gasteiger partial charge in [-0.15, -0.1) is 0 Å². The Balaban J connectivity index is 2.86. The maximum atomic E-state index is 12.1. The average molecular weight is 299 g/mol. The van der Waals surface area contributed by atoms with Gasteiger partial charge in [-0.3, -0.25) is 14.9 Å². The van der Waals surface area contributed by atoms with Crippen molar-refractivity contribution >= 4 is 23.2 Å². The minimum atomic E-state index is -0.579. The van der Waals surface area contributed by atoms with Gasteiger partial charge in [0, 0.05) is 17.1 Å². The summed E-state index contributed by atoms with van der Waals surface area (Å²) in [5.74, 6) is 0.0228. The number of nitro benzene ring substituents is 1. The third kappa shape index (κ3) is 4.49. The van der Waals surface area contributed by atoms with Crippen LogP contribution in [-0.4, -0.2) is 16.9 Å². The normalized spacial score (nSPS) is 13.6. The molecule has 110 valence electrons. The molecule has 2 unspecified atom stereocenters. The van der Waals surface area contributed by atoms with Crippen molar-refractivity contribution in [1.29, 1.82) is 0 Å². The molecule has 0 aliphatic rings. The second kappa shape index (κ2) is 7.24. The van der Waals surface area contributed by atoms with Crippen LogP contribution in [0.2, 0.25) is 5.02 Å². The van der Waals surface area contributed by atoms with Gasteiger partial charge in [-0.05, 0) is 31.4 Å². The molecule has 1 aromatic rings. The summed E-state index contributed by atoms with van der Waals surface area (Å²) in [6, 6.07) is 3.93. The van der Waals surface area contributed by atoms with Gasteiger partial charge in [0.05, 0.1) is 4.92 Å². The number of hydrogen-bond donors (Lipinski definition) is 1. The zero-order valence-corrected chi connectivity index (χ0v) is 12.6. The van der Waals surface area contributed by atoms with E-state index in [4.69, 9.17) is 11.6 Å². The zero-order chi connectivity index (χ0) is 15.3. The molecule has 1 rings (SSSR count). The van der Waals surface area contributed by atoms with Gasteiger partial charge in [0.2, 0.25) is 0 Å². The molecule has 5 nitrogen and oxygen atoms in total. The Morgan fingerprint density at radius 1 is 1.45 bits per heavy atom. The highest BCUT2D eigenvalue weighted by Crippen LogP contribution is 2.23. The van der Waals surface area contributed by atoms with E-state index in [1.807, 2.05) is 6.92 Å². The molecule has 0 aromatic heterocycles. The molecule has 1 amide bonds. The van der Waals surface area contributed by atoms with Crippen molar-refractivity contribution in [2.24, 2.45) is 5.92 Å². The van der Waals surface area contributed by atoms with E-state index in [9.17, 15) is 14.9 Å². The third-order valence-corrected chi connectivity index (χ3v) is 3.47. The number of carbonyl (C=O) groups is 1. The number of benzene rings is 1. The molecule has 1 aromatic carbocycles. The Morgan fingerprint density at radius 3 is 2.65 bits per heavy atom. The lowest BCUT2D eigenvalue weighted by Gasteiger charge is -2.17. The lowest BCUT2D eigenvalue weighted by Crippen LogP contribution is -2.34. The highest BCUT2D eigenvalue weighted by molar-refractivity contribution is 6.31. The Hall–Kier alpha value is -1.62. The molecule has 20 heavy (non-hydrogen) atoms. The Morgan fingerprint density at radius 2 is 2.10 bits per heavy atom. The van der Waals surface area contributed by atoms with E-state index >= 15 is 0 Å². The molecule has 0 heterocycles. The van der Waals surface area contributed by atoms with Crippen LogP contribution in [0.25, 0.3) is 0 Å². The van der Waals surface area contributed by atoms with Gasteiger partial charge in [-0.1, -0.05) is 31.9 Å². The Bertz CT molecular complexity index is 505. The molecule has 0 saturated heterocycles. The molecule has 2 atom stereocenters. The summed E-state index contributed by atoms with van der Waals surface area (Å²) in [6.45, 7) is 6.08. The molecule has 0 radical (unpaired) electrons. The number of rotatable bonds is 6. The standard InChI is InChI=1S/C14H19ClN2O3/c1-4-9(2)7-10(3)16-14(18)12-8-11(15)5-6-13(12)17(19)20/h5-6,8-10H,4,7H2,1-3H3,(H,16,18). The molecule has 0 aliphatic heterocycles. The zero-order valence-electron chi connectivity index (χ0n) is 11.9. The predicted octanol–water partition coefficient (Wildman–Crippen LogP) is 3.80. The van der Waals surface area contributed by atoms with E-state index < -0.39 is 10.8 Å². The predicted molar refractivity (Wildman–Crippen MR) is 79.1 cm³/mol. The van der Waals surface area contributed by atoms with Gasteiger partial charge < -0.3 is 5.32 Å². The number of hydrogen-bond acceptors (Lipinski definition) is 3. The van der Waals surface area contributed by atoms with Gasteiger partial charge in [0.1, 0.15) is 5.56 Å². The first kappa shape index (κ1) is 16.4. The smallest absolute Gasteiger partial charge is 0.282 e. The number of nitrogens with one attached hydrogen (secondary N) is 1. The van der Waals surface area contributed by atoms with Crippen LogP contribution >= 0.6 is 11.6 Å². The summed E-state index contributed by atoms with van der Waals surface area (Å²) in [5.41, 5.74) is -0.235. The fourth-order valence-corrected chi connectivity index (χ4v) is 2.15. The maximum Gasteiger partial charge on any atom is 0.282 e. The van der Waals surface area contributed by atoms with E-state index in [1.165, 1.54) is 18.2 Å². The maximum absolute atomic E-state index is 12.1. The summed E-state index contributed by atoms with van der Waals surface area (Å²) < 4.78 is 0. The lowest BCUT2D eigenvalue weighted by atomic mass is 10.00. The van der Waals surface area contributed by atoms with E-state index in [-0.39, 0.29) is 17.3 Å². The van der Waals surface area contributed by atoms with Crippen molar-refractivity contribution in [2.45, 2.75) is 39.7 Å². The lowest BCUT2D eigenvalue weighted by molar-refractivity contribution is -0.385. The number of halogens is 1. The molecule has 0 spiro atoms. The van der Waals surface area contributed by atoms with Gasteiger partial charge in [0.15, 0.2) is 0 Å². The van der Waals surface area contributed by atoms with Crippen molar-refractivity contribution in [3.63, 3.8) is 0 Å².